The van der Waals surface area contributed by atoms with E-state index in [0.717, 1.165) is 28.1 Å². The Labute approximate surface area is 116 Å². The molecule has 0 saturated carbocycles. The molecule has 3 aromatic rings. The number of fused-ring (bicyclic) bond motifs is 1. The van der Waals surface area contributed by atoms with Crippen LogP contribution >= 0.6 is 11.3 Å². The van der Waals surface area contributed by atoms with Crippen LogP contribution < -0.4 is 5.73 Å². The summed E-state index contributed by atoms with van der Waals surface area (Å²) in [4.78, 5) is 8.68. The van der Waals surface area contributed by atoms with Crippen LogP contribution in [0, 0.1) is 6.92 Å². The minimum absolute atomic E-state index is 0.0469. The van der Waals surface area contributed by atoms with Crippen molar-refractivity contribution in [3.05, 3.63) is 58.3 Å². The molecule has 3 rings (SSSR count). The van der Waals surface area contributed by atoms with Gasteiger partial charge in [-0.15, -0.1) is 11.3 Å². The molecule has 0 aliphatic carbocycles. The predicted octanol–water partition coefficient (Wildman–Crippen LogP) is 3.24. The topological polar surface area (TPSA) is 51.8 Å². The van der Waals surface area contributed by atoms with Crippen molar-refractivity contribution in [2.24, 2.45) is 5.73 Å². The highest BCUT2D eigenvalue weighted by Crippen LogP contribution is 2.24. The smallest absolute Gasteiger partial charge is 0.0897 e. The van der Waals surface area contributed by atoms with Gasteiger partial charge in [0.05, 0.1) is 10.7 Å². The maximum absolute atomic E-state index is 6.34. The molecular weight excluding hydrogens is 254 g/mol. The number of hydrogen-bond acceptors (Lipinski definition) is 4. The Bertz CT molecular complexity index is 700. The van der Waals surface area contributed by atoms with Crippen LogP contribution in [0.3, 0.4) is 0 Å². The van der Waals surface area contributed by atoms with Gasteiger partial charge in [0.2, 0.25) is 0 Å². The molecule has 1 atom stereocenters. The minimum Gasteiger partial charge on any atom is -0.324 e. The van der Waals surface area contributed by atoms with E-state index in [-0.39, 0.29) is 6.04 Å². The van der Waals surface area contributed by atoms with E-state index < -0.39 is 0 Å². The van der Waals surface area contributed by atoms with E-state index in [9.17, 15) is 0 Å². The highest BCUT2D eigenvalue weighted by Gasteiger charge is 2.12. The van der Waals surface area contributed by atoms with Gasteiger partial charge >= 0.3 is 0 Å². The molecule has 2 heterocycles. The van der Waals surface area contributed by atoms with E-state index in [1.54, 1.807) is 17.5 Å². The summed E-state index contributed by atoms with van der Waals surface area (Å²) in [7, 11) is 0. The lowest BCUT2D eigenvalue weighted by Crippen LogP contribution is -2.14. The number of pyridine rings is 1. The molecule has 19 heavy (non-hydrogen) atoms. The Morgan fingerprint density at radius 2 is 2.21 bits per heavy atom. The number of benzene rings is 1. The summed E-state index contributed by atoms with van der Waals surface area (Å²) >= 11 is 1.67. The predicted molar refractivity (Wildman–Crippen MR) is 79.2 cm³/mol. The third kappa shape index (κ3) is 2.50. The lowest BCUT2D eigenvalue weighted by atomic mass is 9.98. The second-order valence-electron chi connectivity index (χ2n) is 4.61. The summed E-state index contributed by atoms with van der Waals surface area (Å²) in [6.45, 7) is 2.02. The van der Waals surface area contributed by atoms with Crippen LogP contribution in [0.25, 0.3) is 10.8 Å². The normalized spacial score (nSPS) is 12.7. The Morgan fingerprint density at radius 3 is 3.00 bits per heavy atom. The van der Waals surface area contributed by atoms with Crippen molar-refractivity contribution < 1.29 is 0 Å². The maximum atomic E-state index is 6.34. The first-order valence-corrected chi connectivity index (χ1v) is 7.11. The molecule has 0 spiro atoms. The molecule has 0 amide bonds. The molecular formula is C15H15N3S. The second-order valence-corrected chi connectivity index (χ2v) is 5.67. The van der Waals surface area contributed by atoms with E-state index in [2.05, 4.69) is 27.5 Å². The number of aromatic nitrogens is 2. The first-order valence-electron chi connectivity index (χ1n) is 6.23. The van der Waals surface area contributed by atoms with Crippen molar-refractivity contribution in [2.75, 3.05) is 0 Å². The van der Waals surface area contributed by atoms with E-state index >= 15 is 0 Å². The highest BCUT2D eigenvalue weighted by molar-refractivity contribution is 7.09. The van der Waals surface area contributed by atoms with Gasteiger partial charge in [0, 0.05) is 35.6 Å². The lowest BCUT2D eigenvalue weighted by molar-refractivity contribution is 0.714. The Kier molecular flexibility index (Phi) is 3.27. The number of hydrogen-bond donors (Lipinski definition) is 1. The van der Waals surface area contributed by atoms with Gasteiger partial charge in [0.25, 0.3) is 0 Å². The van der Waals surface area contributed by atoms with E-state index in [4.69, 9.17) is 5.73 Å². The van der Waals surface area contributed by atoms with E-state index in [1.165, 1.54) is 5.39 Å². The van der Waals surface area contributed by atoms with Crippen LogP contribution in [-0.4, -0.2) is 9.97 Å². The number of aryl methyl sites for hydroxylation is 1. The van der Waals surface area contributed by atoms with Crippen LogP contribution in [0.1, 0.15) is 22.3 Å². The van der Waals surface area contributed by atoms with E-state index in [1.807, 2.05) is 25.3 Å². The van der Waals surface area contributed by atoms with Crippen molar-refractivity contribution >= 4 is 22.1 Å². The summed E-state index contributed by atoms with van der Waals surface area (Å²) in [6.07, 6.45) is 4.45. The fraction of sp³-hybridized carbons (Fsp3) is 0.200. The zero-order valence-corrected chi connectivity index (χ0v) is 11.5. The summed E-state index contributed by atoms with van der Waals surface area (Å²) in [5.41, 5.74) is 8.54. The summed E-state index contributed by atoms with van der Waals surface area (Å²) in [5, 5.41) is 5.47. The van der Waals surface area contributed by atoms with Crippen LogP contribution in [0.4, 0.5) is 0 Å². The Hall–Kier alpha value is -1.78. The second kappa shape index (κ2) is 5.07. The molecule has 0 radical (unpaired) electrons. The number of rotatable bonds is 3. The number of thiazole rings is 1. The lowest BCUT2D eigenvalue weighted by Gasteiger charge is -2.13. The molecule has 0 bridgehead atoms. The zero-order chi connectivity index (χ0) is 13.2. The molecule has 0 saturated heterocycles. The summed E-state index contributed by atoms with van der Waals surface area (Å²) < 4.78 is 0. The van der Waals surface area contributed by atoms with Gasteiger partial charge in [-0.2, -0.15) is 0 Å². The summed E-state index contributed by atoms with van der Waals surface area (Å²) in [5.74, 6) is 0. The van der Waals surface area contributed by atoms with Crippen LogP contribution in [0.15, 0.2) is 42.0 Å². The van der Waals surface area contributed by atoms with Gasteiger partial charge in [0.15, 0.2) is 0 Å². The quantitative estimate of drug-likeness (QED) is 0.794. The first kappa shape index (κ1) is 12.3. The zero-order valence-electron chi connectivity index (χ0n) is 10.7. The van der Waals surface area contributed by atoms with Gasteiger partial charge in [0.1, 0.15) is 0 Å². The van der Waals surface area contributed by atoms with Crippen LogP contribution in [0.5, 0.6) is 0 Å². The van der Waals surface area contributed by atoms with Crippen molar-refractivity contribution in [2.45, 2.75) is 19.4 Å². The fourth-order valence-electron chi connectivity index (χ4n) is 2.30. The molecule has 0 aliphatic heterocycles. The molecule has 2 N–H and O–H groups in total. The van der Waals surface area contributed by atoms with Gasteiger partial charge < -0.3 is 5.73 Å². The molecule has 3 nitrogen and oxygen atoms in total. The third-order valence-electron chi connectivity index (χ3n) is 3.21. The van der Waals surface area contributed by atoms with Gasteiger partial charge in [-0.25, -0.2) is 4.98 Å². The Morgan fingerprint density at radius 1 is 1.32 bits per heavy atom. The van der Waals surface area contributed by atoms with Crippen molar-refractivity contribution in [3.63, 3.8) is 0 Å². The molecule has 1 unspecified atom stereocenters. The highest BCUT2D eigenvalue weighted by atomic mass is 32.1. The monoisotopic (exact) mass is 269 g/mol. The molecule has 0 fully saturated rings. The molecule has 0 aliphatic rings. The third-order valence-corrected chi connectivity index (χ3v) is 4.03. The fourth-order valence-corrected chi connectivity index (χ4v) is 2.92. The maximum Gasteiger partial charge on any atom is 0.0897 e. The van der Waals surface area contributed by atoms with Crippen LogP contribution in [0.2, 0.25) is 0 Å². The molecule has 2 aromatic heterocycles. The summed E-state index contributed by atoms with van der Waals surface area (Å²) in [6, 6.07) is 8.17. The molecule has 96 valence electrons. The number of nitrogens with zero attached hydrogens (tertiary/aromatic N) is 2. The van der Waals surface area contributed by atoms with Crippen LogP contribution in [-0.2, 0) is 6.42 Å². The minimum atomic E-state index is -0.0469. The van der Waals surface area contributed by atoms with E-state index in [0.29, 0.717) is 0 Å². The SMILES string of the molecule is Cc1nc(CC(N)c2cccc3ccncc23)cs1. The average molecular weight is 269 g/mol. The van der Waals surface area contributed by atoms with Gasteiger partial charge in [-0.1, -0.05) is 18.2 Å². The van der Waals surface area contributed by atoms with Crippen molar-refractivity contribution in [3.8, 4) is 0 Å². The van der Waals surface area contributed by atoms with Gasteiger partial charge in [-0.05, 0) is 23.9 Å². The van der Waals surface area contributed by atoms with Crippen molar-refractivity contribution in [1.29, 1.82) is 0 Å². The van der Waals surface area contributed by atoms with Crippen molar-refractivity contribution in [1.82, 2.24) is 9.97 Å². The van der Waals surface area contributed by atoms with Gasteiger partial charge in [-0.3, -0.25) is 4.98 Å². The largest absolute Gasteiger partial charge is 0.324 e. The molecule has 1 aromatic carbocycles. The Balaban J connectivity index is 1.95. The standard InChI is InChI=1S/C15H15N3S/c1-10-18-12(9-19-10)7-15(16)13-4-2-3-11-5-6-17-8-14(11)13/h2-6,8-9,15H,7,16H2,1H3. The first-order chi connectivity index (χ1) is 9.24. The number of nitrogens with two attached hydrogens (primary N) is 1. The molecule has 4 heteroatoms. The average Bonchev–Trinajstić information content (AvgIpc) is 2.83.